The lowest BCUT2D eigenvalue weighted by Crippen LogP contribution is -2.25. The molecular formula is C25H21NO5. The van der Waals surface area contributed by atoms with E-state index in [1.54, 1.807) is 37.5 Å². The Balaban J connectivity index is 1.47. The van der Waals surface area contributed by atoms with Crippen LogP contribution in [0.3, 0.4) is 0 Å². The fourth-order valence-corrected chi connectivity index (χ4v) is 3.61. The first-order valence-corrected chi connectivity index (χ1v) is 9.91. The first kappa shape index (κ1) is 20.3. The molecule has 1 aromatic heterocycles. The molecule has 1 heterocycles. The van der Waals surface area contributed by atoms with Crippen LogP contribution in [-0.4, -0.2) is 23.8 Å². The fraction of sp³-hybridized carbons (Fsp3) is 0.160. The third kappa shape index (κ3) is 4.33. The molecule has 3 aromatic carbocycles. The van der Waals surface area contributed by atoms with E-state index in [0.29, 0.717) is 16.8 Å². The molecule has 0 aliphatic carbocycles. The number of carbonyl (C=O) groups is 3. The smallest absolute Gasteiger partial charge is 0.311 e. The number of carbonyl (C=O) groups excluding carboxylic acids is 3. The number of ether oxygens (including phenoxy) is 1. The highest BCUT2D eigenvalue weighted by molar-refractivity contribution is 6.08. The van der Waals surface area contributed by atoms with Crippen LogP contribution in [-0.2, 0) is 20.7 Å². The molecule has 1 amide bonds. The quantitative estimate of drug-likeness (QED) is 0.358. The minimum Gasteiger partial charge on any atom is -0.464 e. The number of anilines is 1. The molecule has 0 bridgehead atoms. The molecule has 0 fully saturated rings. The average molecular weight is 415 g/mol. The standard InChI is InChI=1S/C25H21NO5/c1-15(25(29)18-7-10-20(11-8-18)26-16(2)27)31-23(28)13-19-14-30-22-12-9-17-5-3-4-6-21(17)24(19)22/h3-12,14-15H,13H2,1-2H3,(H,26,27)/t15-/m0/s1. The van der Waals surface area contributed by atoms with Gasteiger partial charge < -0.3 is 14.5 Å². The van der Waals surface area contributed by atoms with E-state index in [9.17, 15) is 14.4 Å². The summed E-state index contributed by atoms with van der Waals surface area (Å²) in [6.07, 6.45) is 0.625. The molecule has 4 aromatic rings. The van der Waals surface area contributed by atoms with Crippen molar-refractivity contribution in [2.75, 3.05) is 5.32 Å². The van der Waals surface area contributed by atoms with E-state index in [0.717, 1.165) is 21.7 Å². The van der Waals surface area contributed by atoms with E-state index < -0.39 is 12.1 Å². The Kier molecular flexibility index (Phi) is 5.54. The summed E-state index contributed by atoms with van der Waals surface area (Å²) in [5.41, 5.74) is 2.41. The summed E-state index contributed by atoms with van der Waals surface area (Å²) in [5, 5.41) is 5.57. The van der Waals surface area contributed by atoms with Crippen LogP contribution in [0.15, 0.2) is 71.3 Å². The molecule has 31 heavy (non-hydrogen) atoms. The second-order valence-corrected chi connectivity index (χ2v) is 7.35. The fourth-order valence-electron chi connectivity index (χ4n) is 3.61. The number of benzene rings is 3. The zero-order valence-electron chi connectivity index (χ0n) is 17.2. The molecule has 0 spiro atoms. The average Bonchev–Trinajstić information content (AvgIpc) is 3.16. The van der Waals surface area contributed by atoms with Gasteiger partial charge in [0.2, 0.25) is 11.7 Å². The first-order chi connectivity index (χ1) is 14.9. The van der Waals surface area contributed by atoms with Gasteiger partial charge in [-0.05, 0) is 48.0 Å². The van der Waals surface area contributed by atoms with Crippen molar-refractivity contribution in [3.63, 3.8) is 0 Å². The number of hydrogen-bond donors (Lipinski definition) is 1. The van der Waals surface area contributed by atoms with Crippen LogP contribution in [0.1, 0.15) is 29.8 Å². The number of Topliss-reactive ketones (excluding diaryl/α,β-unsaturated/α-hetero) is 1. The number of ketones is 1. The lowest BCUT2D eigenvalue weighted by molar-refractivity contribution is -0.145. The van der Waals surface area contributed by atoms with E-state index in [1.807, 2.05) is 36.4 Å². The maximum absolute atomic E-state index is 12.6. The number of hydrogen-bond acceptors (Lipinski definition) is 5. The molecule has 1 atom stereocenters. The second kappa shape index (κ2) is 8.44. The van der Waals surface area contributed by atoms with Crippen LogP contribution in [0, 0.1) is 0 Å². The van der Waals surface area contributed by atoms with Crippen LogP contribution in [0.2, 0.25) is 0 Å². The van der Waals surface area contributed by atoms with Gasteiger partial charge in [0.25, 0.3) is 0 Å². The Hall–Kier alpha value is -3.93. The van der Waals surface area contributed by atoms with Crippen molar-refractivity contribution >= 4 is 45.1 Å². The molecule has 0 unspecified atom stereocenters. The molecule has 0 saturated heterocycles. The highest BCUT2D eigenvalue weighted by atomic mass is 16.5. The third-order valence-corrected chi connectivity index (χ3v) is 5.04. The number of fused-ring (bicyclic) bond motifs is 3. The summed E-state index contributed by atoms with van der Waals surface area (Å²) >= 11 is 0. The summed E-state index contributed by atoms with van der Waals surface area (Å²) < 4.78 is 11.0. The van der Waals surface area contributed by atoms with Gasteiger partial charge in [-0.2, -0.15) is 0 Å². The van der Waals surface area contributed by atoms with E-state index in [2.05, 4.69) is 5.32 Å². The minimum absolute atomic E-state index is 0.0000962. The van der Waals surface area contributed by atoms with Gasteiger partial charge in [0.1, 0.15) is 5.58 Å². The monoisotopic (exact) mass is 415 g/mol. The molecule has 0 saturated carbocycles. The van der Waals surface area contributed by atoms with Crippen LogP contribution in [0.4, 0.5) is 5.69 Å². The van der Waals surface area contributed by atoms with Crippen LogP contribution in [0.5, 0.6) is 0 Å². The van der Waals surface area contributed by atoms with Crippen molar-refractivity contribution in [1.82, 2.24) is 0 Å². The summed E-state index contributed by atoms with van der Waals surface area (Å²) in [4.78, 5) is 36.3. The van der Waals surface area contributed by atoms with E-state index >= 15 is 0 Å². The van der Waals surface area contributed by atoms with Crippen molar-refractivity contribution in [2.24, 2.45) is 0 Å². The summed E-state index contributed by atoms with van der Waals surface area (Å²) in [6.45, 7) is 2.96. The van der Waals surface area contributed by atoms with E-state index in [4.69, 9.17) is 9.15 Å². The van der Waals surface area contributed by atoms with Gasteiger partial charge in [0.15, 0.2) is 6.10 Å². The predicted molar refractivity (Wildman–Crippen MR) is 118 cm³/mol. The largest absolute Gasteiger partial charge is 0.464 e. The molecular weight excluding hydrogens is 394 g/mol. The predicted octanol–water partition coefficient (Wildman–Crippen LogP) is 4.90. The zero-order valence-corrected chi connectivity index (χ0v) is 17.2. The number of furan rings is 1. The maximum atomic E-state index is 12.6. The molecule has 156 valence electrons. The maximum Gasteiger partial charge on any atom is 0.311 e. The first-order valence-electron chi connectivity index (χ1n) is 9.91. The molecule has 0 aliphatic heterocycles. The summed E-state index contributed by atoms with van der Waals surface area (Å²) in [6, 6.07) is 18.2. The number of nitrogens with one attached hydrogen (secondary N) is 1. The minimum atomic E-state index is -0.936. The van der Waals surface area contributed by atoms with Gasteiger partial charge in [-0.1, -0.05) is 30.3 Å². The Morgan fingerprint density at radius 3 is 2.48 bits per heavy atom. The Morgan fingerprint density at radius 2 is 1.74 bits per heavy atom. The molecule has 0 aliphatic rings. The van der Waals surface area contributed by atoms with E-state index in [1.165, 1.54) is 6.92 Å². The molecule has 0 radical (unpaired) electrons. The van der Waals surface area contributed by atoms with Gasteiger partial charge in [-0.25, -0.2) is 0 Å². The van der Waals surface area contributed by atoms with Crippen LogP contribution >= 0.6 is 0 Å². The van der Waals surface area contributed by atoms with E-state index in [-0.39, 0.29) is 18.1 Å². The molecule has 4 rings (SSSR count). The highest BCUT2D eigenvalue weighted by Crippen LogP contribution is 2.30. The summed E-state index contributed by atoms with van der Waals surface area (Å²) in [7, 11) is 0. The van der Waals surface area contributed by atoms with Crippen molar-refractivity contribution in [3.8, 4) is 0 Å². The summed E-state index contributed by atoms with van der Waals surface area (Å²) in [5.74, 6) is -1.02. The van der Waals surface area contributed by atoms with Crippen molar-refractivity contribution in [3.05, 3.63) is 78.1 Å². The zero-order chi connectivity index (χ0) is 22.0. The highest BCUT2D eigenvalue weighted by Gasteiger charge is 2.21. The second-order valence-electron chi connectivity index (χ2n) is 7.35. The van der Waals surface area contributed by atoms with Crippen LogP contribution < -0.4 is 5.32 Å². The van der Waals surface area contributed by atoms with Crippen molar-refractivity contribution < 1.29 is 23.5 Å². The number of amides is 1. The molecule has 1 N–H and O–H groups in total. The lowest BCUT2D eigenvalue weighted by atomic mass is 10.0. The SMILES string of the molecule is CC(=O)Nc1ccc(C(=O)[C@H](C)OC(=O)Cc2coc3ccc4ccccc4c23)cc1. The molecule has 6 heteroatoms. The van der Waals surface area contributed by atoms with Gasteiger partial charge in [0, 0.05) is 29.1 Å². The topological polar surface area (TPSA) is 85.6 Å². The van der Waals surface area contributed by atoms with Crippen LogP contribution in [0.25, 0.3) is 21.7 Å². The number of esters is 1. The van der Waals surface area contributed by atoms with Gasteiger partial charge >= 0.3 is 5.97 Å². The third-order valence-electron chi connectivity index (χ3n) is 5.04. The number of rotatable bonds is 6. The Morgan fingerprint density at radius 1 is 1.00 bits per heavy atom. The van der Waals surface area contributed by atoms with Crippen molar-refractivity contribution in [2.45, 2.75) is 26.4 Å². The van der Waals surface area contributed by atoms with Gasteiger partial charge in [-0.3, -0.25) is 14.4 Å². The van der Waals surface area contributed by atoms with Gasteiger partial charge in [-0.15, -0.1) is 0 Å². The molecule has 6 nitrogen and oxygen atoms in total. The lowest BCUT2D eigenvalue weighted by Gasteiger charge is -2.13. The Labute approximate surface area is 178 Å². The normalized spacial score (nSPS) is 11.9. The van der Waals surface area contributed by atoms with Gasteiger partial charge in [0.05, 0.1) is 12.7 Å². The Bertz CT molecular complexity index is 1290. The van der Waals surface area contributed by atoms with Crippen molar-refractivity contribution in [1.29, 1.82) is 0 Å².